The predicted octanol–water partition coefficient (Wildman–Crippen LogP) is 3.83. The molecule has 1 aliphatic heterocycles. The average molecular weight is 312 g/mol. The van der Waals surface area contributed by atoms with Crippen LogP contribution >= 0.6 is 12.4 Å². The van der Waals surface area contributed by atoms with Gasteiger partial charge in [-0.2, -0.15) is 13.2 Å². The zero-order chi connectivity index (χ0) is 13.7. The summed E-state index contributed by atoms with van der Waals surface area (Å²) in [5.41, 5.74) is 0. The molecule has 0 atom stereocenters. The zero-order valence-corrected chi connectivity index (χ0v) is 11.7. The second kappa shape index (κ2) is 7.59. The number of piperidine rings is 1. The number of hydrogen-bond acceptors (Lipinski definition) is 3. The van der Waals surface area contributed by atoms with Crippen molar-refractivity contribution in [1.82, 2.24) is 5.06 Å². The zero-order valence-electron chi connectivity index (χ0n) is 10.9. The first-order valence-corrected chi connectivity index (χ1v) is 6.25. The van der Waals surface area contributed by atoms with E-state index in [1.54, 1.807) is 12.1 Å². The van der Waals surface area contributed by atoms with Gasteiger partial charge in [0.2, 0.25) is 0 Å². The van der Waals surface area contributed by atoms with Crippen LogP contribution < -0.4 is 9.57 Å². The first-order chi connectivity index (χ1) is 9.03. The van der Waals surface area contributed by atoms with Gasteiger partial charge in [0.05, 0.1) is 0 Å². The molecule has 3 nitrogen and oxygen atoms in total. The molecule has 0 radical (unpaired) electrons. The fourth-order valence-corrected chi connectivity index (χ4v) is 1.87. The van der Waals surface area contributed by atoms with Crippen molar-refractivity contribution in [3.8, 4) is 11.5 Å². The first-order valence-electron chi connectivity index (χ1n) is 6.25. The van der Waals surface area contributed by atoms with Gasteiger partial charge >= 0.3 is 6.18 Å². The van der Waals surface area contributed by atoms with E-state index in [1.807, 2.05) is 5.06 Å². The minimum absolute atomic E-state index is 0. The van der Waals surface area contributed by atoms with Gasteiger partial charge in [-0.05, 0) is 37.1 Å². The third kappa shape index (κ3) is 5.88. The molecule has 0 unspecified atom stereocenters. The summed E-state index contributed by atoms with van der Waals surface area (Å²) < 4.78 is 40.5. The minimum Gasteiger partial charge on any atom is -0.484 e. The van der Waals surface area contributed by atoms with E-state index in [0.717, 1.165) is 25.9 Å². The van der Waals surface area contributed by atoms with Gasteiger partial charge < -0.3 is 9.57 Å². The maximum absolute atomic E-state index is 12.0. The molecular formula is C13H17ClF3NO2. The van der Waals surface area contributed by atoms with Gasteiger partial charge in [-0.1, -0.05) is 6.42 Å². The van der Waals surface area contributed by atoms with Crippen molar-refractivity contribution in [2.75, 3.05) is 19.7 Å². The Labute approximate surface area is 122 Å². The van der Waals surface area contributed by atoms with Gasteiger partial charge in [0.15, 0.2) is 6.61 Å². The third-order valence-corrected chi connectivity index (χ3v) is 2.78. The molecule has 0 N–H and O–H groups in total. The van der Waals surface area contributed by atoms with Crippen LogP contribution in [0.15, 0.2) is 24.3 Å². The molecule has 114 valence electrons. The Balaban J connectivity index is 0.00000200. The average Bonchev–Trinajstić information content (AvgIpc) is 2.38. The van der Waals surface area contributed by atoms with Crippen molar-refractivity contribution in [3.05, 3.63) is 24.3 Å². The number of ether oxygens (including phenoxy) is 1. The van der Waals surface area contributed by atoms with Gasteiger partial charge in [-0.25, -0.2) is 0 Å². The Morgan fingerprint density at radius 1 is 0.950 bits per heavy atom. The quantitative estimate of drug-likeness (QED) is 0.843. The Morgan fingerprint density at radius 3 is 2.05 bits per heavy atom. The Bertz CT molecular complexity index is 392. The van der Waals surface area contributed by atoms with E-state index < -0.39 is 12.8 Å². The van der Waals surface area contributed by atoms with E-state index >= 15 is 0 Å². The second-order valence-electron chi connectivity index (χ2n) is 4.46. The van der Waals surface area contributed by atoms with Crippen LogP contribution in [0.4, 0.5) is 13.2 Å². The summed E-state index contributed by atoms with van der Waals surface area (Å²) >= 11 is 0. The molecule has 1 aromatic rings. The molecular weight excluding hydrogens is 295 g/mol. The Kier molecular flexibility index (Phi) is 6.42. The standard InChI is InChI=1S/C13H16F3NO2.ClH/c14-13(15,16)10-18-11-4-6-12(7-5-11)19-17-8-2-1-3-9-17;/h4-7H,1-3,8-10H2;1H. The molecule has 0 aromatic heterocycles. The summed E-state index contributed by atoms with van der Waals surface area (Å²) in [6, 6.07) is 6.18. The van der Waals surface area contributed by atoms with Crippen molar-refractivity contribution >= 4 is 12.4 Å². The number of benzene rings is 1. The van der Waals surface area contributed by atoms with E-state index in [4.69, 9.17) is 4.84 Å². The lowest BCUT2D eigenvalue weighted by Crippen LogP contribution is -2.32. The van der Waals surface area contributed by atoms with E-state index in [1.165, 1.54) is 18.6 Å². The topological polar surface area (TPSA) is 21.7 Å². The van der Waals surface area contributed by atoms with Gasteiger partial charge in [0.25, 0.3) is 0 Å². The molecule has 7 heteroatoms. The van der Waals surface area contributed by atoms with Crippen LogP contribution in [-0.2, 0) is 0 Å². The van der Waals surface area contributed by atoms with Crippen molar-refractivity contribution in [2.24, 2.45) is 0 Å². The number of hydroxylamine groups is 2. The van der Waals surface area contributed by atoms with Crippen LogP contribution in [0.25, 0.3) is 0 Å². The lowest BCUT2D eigenvalue weighted by molar-refractivity contribution is -0.153. The number of halogens is 4. The highest BCUT2D eigenvalue weighted by molar-refractivity contribution is 5.85. The van der Waals surface area contributed by atoms with E-state index in [2.05, 4.69) is 4.74 Å². The van der Waals surface area contributed by atoms with Gasteiger partial charge in [0.1, 0.15) is 11.5 Å². The molecule has 1 fully saturated rings. The molecule has 1 aromatic carbocycles. The molecule has 0 aliphatic carbocycles. The molecule has 0 spiro atoms. The van der Waals surface area contributed by atoms with Gasteiger partial charge in [-0.3, -0.25) is 0 Å². The summed E-state index contributed by atoms with van der Waals surface area (Å²) in [7, 11) is 0. The molecule has 0 bridgehead atoms. The Hall–Kier alpha value is -1.14. The Morgan fingerprint density at radius 2 is 1.50 bits per heavy atom. The summed E-state index contributed by atoms with van der Waals surface area (Å²) in [6.07, 6.45) is -0.896. The molecule has 0 saturated carbocycles. The summed E-state index contributed by atoms with van der Waals surface area (Å²) in [5.74, 6) is 0.796. The molecule has 20 heavy (non-hydrogen) atoms. The van der Waals surface area contributed by atoms with Crippen LogP contribution in [0.1, 0.15) is 19.3 Å². The molecule has 0 amide bonds. The molecule has 1 aliphatic rings. The van der Waals surface area contributed by atoms with Crippen LogP contribution in [0.3, 0.4) is 0 Å². The molecule has 1 heterocycles. The molecule has 2 rings (SSSR count). The van der Waals surface area contributed by atoms with Crippen molar-refractivity contribution in [3.63, 3.8) is 0 Å². The lowest BCUT2D eigenvalue weighted by atomic mass is 10.2. The van der Waals surface area contributed by atoms with Crippen molar-refractivity contribution in [2.45, 2.75) is 25.4 Å². The summed E-state index contributed by atoms with van der Waals surface area (Å²) in [6.45, 7) is 0.484. The summed E-state index contributed by atoms with van der Waals surface area (Å²) in [5, 5.41) is 1.87. The highest BCUT2D eigenvalue weighted by Crippen LogP contribution is 2.22. The number of alkyl halides is 3. The number of rotatable bonds is 4. The maximum atomic E-state index is 12.0. The fraction of sp³-hybridized carbons (Fsp3) is 0.538. The van der Waals surface area contributed by atoms with Crippen LogP contribution in [-0.4, -0.2) is 30.9 Å². The van der Waals surface area contributed by atoms with Crippen LogP contribution in [0.2, 0.25) is 0 Å². The summed E-state index contributed by atoms with van der Waals surface area (Å²) in [4.78, 5) is 5.61. The van der Waals surface area contributed by atoms with Crippen LogP contribution in [0.5, 0.6) is 11.5 Å². The van der Waals surface area contributed by atoms with Gasteiger partial charge in [-0.15, -0.1) is 17.5 Å². The highest BCUT2D eigenvalue weighted by Gasteiger charge is 2.28. The SMILES string of the molecule is Cl.FC(F)(F)COc1ccc(ON2CCCCC2)cc1. The predicted molar refractivity (Wildman–Crippen MR) is 71.3 cm³/mol. The van der Waals surface area contributed by atoms with E-state index in [-0.39, 0.29) is 18.2 Å². The van der Waals surface area contributed by atoms with E-state index in [0.29, 0.717) is 5.75 Å². The van der Waals surface area contributed by atoms with Gasteiger partial charge in [0, 0.05) is 13.1 Å². The first kappa shape index (κ1) is 16.9. The van der Waals surface area contributed by atoms with Crippen molar-refractivity contribution in [1.29, 1.82) is 0 Å². The minimum atomic E-state index is -4.32. The third-order valence-electron chi connectivity index (χ3n) is 2.78. The largest absolute Gasteiger partial charge is 0.484 e. The van der Waals surface area contributed by atoms with Crippen LogP contribution in [0, 0.1) is 0 Å². The number of hydrogen-bond donors (Lipinski definition) is 0. The molecule has 1 saturated heterocycles. The number of nitrogens with zero attached hydrogens (tertiary/aromatic N) is 1. The fourth-order valence-electron chi connectivity index (χ4n) is 1.87. The maximum Gasteiger partial charge on any atom is 0.422 e. The monoisotopic (exact) mass is 311 g/mol. The van der Waals surface area contributed by atoms with Crippen molar-refractivity contribution < 1.29 is 22.7 Å². The lowest BCUT2D eigenvalue weighted by Gasteiger charge is -2.26. The van der Waals surface area contributed by atoms with E-state index in [9.17, 15) is 13.2 Å². The normalized spacial score (nSPS) is 16.4. The smallest absolute Gasteiger partial charge is 0.422 e. The highest BCUT2D eigenvalue weighted by atomic mass is 35.5. The second-order valence-corrected chi connectivity index (χ2v) is 4.46.